The Kier molecular flexibility index (Phi) is 5.77. The second kappa shape index (κ2) is 8.48. The molecular weight excluding hydrogens is 412 g/mol. The molecule has 0 atom stereocenters. The van der Waals surface area contributed by atoms with Crippen LogP contribution in [-0.4, -0.2) is 8.42 Å². The van der Waals surface area contributed by atoms with Crippen LogP contribution in [-0.2, 0) is 13.7 Å². The normalized spacial score (nSPS) is 12.4. The van der Waals surface area contributed by atoms with Crippen molar-refractivity contribution >= 4 is 20.4 Å². The van der Waals surface area contributed by atoms with Gasteiger partial charge in [-0.1, -0.05) is 72.3 Å². The SMILES string of the molecule is Cc1ccc(S(=O)(=O)OS(c2ccccc2)(c2ccccc2)c2ccccc2)cc1. The van der Waals surface area contributed by atoms with E-state index in [1.165, 1.54) is 0 Å². The van der Waals surface area contributed by atoms with Gasteiger partial charge in [0.2, 0.25) is 0 Å². The van der Waals surface area contributed by atoms with Crippen LogP contribution < -0.4 is 0 Å². The van der Waals surface area contributed by atoms with Gasteiger partial charge in [-0.2, -0.15) is 8.42 Å². The second-order valence-electron chi connectivity index (χ2n) is 6.83. The minimum atomic E-state index is -4.04. The zero-order chi connectivity index (χ0) is 21.0. The topological polar surface area (TPSA) is 43.4 Å². The molecule has 4 aromatic carbocycles. The van der Waals surface area contributed by atoms with Gasteiger partial charge >= 0.3 is 10.1 Å². The summed E-state index contributed by atoms with van der Waals surface area (Å²) < 4.78 is 33.2. The van der Waals surface area contributed by atoms with Crippen LogP contribution in [0, 0.1) is 6.92 Å². The molecule has 0 unspecified atom stereocenters. The van der Waals surface area contributed by atoms with Crippen molar-refractivity contribution in [2.45, 2.75) is 26.5 Å². The van der Waals surface area contributed by atoms with E-state index >= 15 is 0 Å². The van der Waals surface area contributed by atoms with E-state index in [-0.39, 0.29) is 4.90 Å². The van der Waals surface area contributed by atoms with E-state index in [4.69, 9.17) is 3.63 Å². The van der Waals surface area contributed by atoms with Crippen molar-refractivity contribution in [2.24, 2.45) is 0 Å². The lowest BCUT2D eigenvalue weighted by Gasteiger charge is -2.39. The lowest BCUT2D eigenvalue weighted by molar-refractivity contribution is 0.508. The van der Waals surface area contributed by atoms with Crippen LogP contribution >= 0.6 is 10.3 Å². The number of rotatable bonds is 6. The van der Waals surface area contributed by atoms with Crippen LogP contribution in [0.1, 0.15) is 5.56 Å². The molecule has 0 bridgehead atoms. The van der Waals surface area contributed by atoms with Crippen LogP contribution in [0.2, 0.25) is 0 Å². The first kappa shape index (κ1) is 20.4. The molecule has 0 aliphatic heterocycles. The molecule has 0 heterocycles. The highest BCUT2D eigenvalue weighted by Crippen LogP contribution is 2.70. The van der Waals surface area contributed by atoms with Gasteiger partial charge < -0.3 is 0 Å². The molecule has 0 radical (unpaired) electrons. The molecule has 5 heteroatoms. The van der Waals surface area contributed by atoms with Gasteiger partial charge in [-0.15, -0.1) is 0 Å². The molecule has 30 heavy (non-hydrogen) atoms. The first-order valence-corrected chi connectivity index (χ1v) is 12.5. The average Bonchev–Trinajstić information content (AvgIpc) is 2.79. The average molecular weight is 435 g/mol. The Morgan fingerprint density at radius 2 is 0.867 bits per heavy atom. The van der Waals surface area contributed by atoms with E-state index in [2.05, 4.69) is 0 Å². The molecule has 3 nitrogen and oxygen atoms in total. The Balaban J connectivity index is 1.99. The third kappa shape index (κ3) is 3.92. The molecule has 0 aromatic heterocycles. The van der Waals surface area contributed by atoms with Crippen molar-refractivity contribution in [3.8, 4) is 0 Å². The summed E-state index contributed by atoms with van der Waals surface area (Å²) in [6.07, 6.45) is 0. The zero-order valence-electron chi connectivity index (χ0n) is 16.5. The molecule has 0 fully saturated rings. The lowest BCUT2D eigenvalue weighted by Crippen LogP contribution is -2.14. The first-order chi connectivity index (χ1) is 14.5. The molecule has 4 aromatic rings. The van der Waals surface area contributed by atoms with Crippen molar-refractivity contribution in [3.05, 3.63) is 121 Å². The van der Waals surface area contributed by atoms with E-state index in [9.17, 15) is 8.42 Å². The van der Waals surface area contributed by atoms with E-state index < -0.39 is 20.4 Å². The summed E-state index contributed by atoms with van der Waals surface area (Å²) in [5, 5.41) is 0. The summed E-state index contributed by atoms with van der Waals surface area (Å²) in [6, 6.07) is 35.5. The number of benzene rings is 4. The van der Waals surface area contributed by atoms with Crippen molar-refractivity contribution in [2.75, 3.05) is 0 Å². The number of aryl methyl sites for hydroxylation is 1. The Labute approximate surface area is 179 Å². The Morgan fingerprint density at radius 3 is 1.23 bits per heavy atom. The summed E-state index contributed by atoms with van der Waals surface area (Å²) in [5.41, 5.74) is 0.988. The highest BCUT2D eigenvalue weighted by molar-refractivity contribution is 8.33. The zero-order valence-corrected chi connectivity index (χ0v) is 18.1. The summed E-state index contributed by atoms with van der Waals surface area (Å²) in [7, 11) is -6.58. The van der Waals surface area contributed by atoms with Crippen LogP contribution in [0.25, 0.3) is 0 Å². The quantitative estimate of drug-likeness (QED) is 0.343. The number of hydrogen-bond donors (Lipinski definition) is 0. The van der Waals surface area contributed by atoms with Gasteiger partial charge in [0.15, 0.2) is 0 Å². The Bertz CT molecular complexity index is 1110. The van der Waals surface area contributed by atoms with E-state index in [0.717, 1.165) is 20.2 Å². The maximum absolute atomic E-state index is 13.5. The van der Waals surface area contributed by atoms with Gasteiger partial charge in [0.05, 0.1) is 4.90 Å². The molecule has 152 valence electrons. The highest BCUT2D eigenvalue weighted by Gasteiger charge is 2.38. The fourth-order valence-electron chi connectivity index (χ4n) is 3.24. The molecule has 0 aliphatic rings. The fraction of sp³-hybridized carbons (Fsp3) is 0.0400. The number of hydrogen-bond acceptors (Lipinski definition) is 3. The maximum atomic E-state index is 13.5. The summed E-state index contributed by atoms with van der Waals surface area (Å²) in [6.45, 7) is 1.92. The minimum absolute atomic E-state index is 0.146. The molecule has 0 saturated carbocycles. The van der Waals surface area contributed by atoms with E-state index in [0.29, 0.717) is 0 Å². The summed E-state index contributed by atoms with van der Waals surface area (Å²) >= 11 is 0. The van der Waals surface area contributed by atoms with E-state index in [1.807, 2.05) is 97.9 Å². The van der Waals surface area contributed by atoms with Crippen molar-refractivity contribution in [1.29, 1.82) is 0 Å². The maximum Gasteiger partial charge on any atom is 0.307 e. The first-order valence-electron chi connectivity index (χ1n) is 9.54. The molecular formula is C25H22O3S2. The van der Waals surface area contributed by atoms with E-state index in [1.54, 1.807) is 24.3 Å². The van der Waals surface area contributed by atoms with Gasteiger partial charge in [-0.25, -0.2) is 3.63 Å². The molecule has 0 aliphatic carbocycles. The third-order valence-electron chi connectivity index (χ3n) is 4.73. The van der Waals surface area contributed by atoms with Crippen molar-refractivity contribution in [3.63, 3.8) is 0 Å². The van der Waals surface area contributed by atoms with Crippen LogP contribution in [0.4, 0.5) is 0 Å². The van der Waals surface area contributed by atoms with Gasteiger partial charge in [-0.3, -0.25) is 0 Å². The van der Waals surface area contributed by atoms with Crippen LogP contribution in [0.15, 0.2) is 135 Å². The molecule has 0 spiro atoms. The smallest absolute Gasteiger partial charge is 0.203 e. The standard InChI is InChI=1S/C25H22O3S2/c1-21-17-19-25(20-18-21)30(26,27)28-29(22-11-5-2-6-12-22,23-13-7-3-8-14-23)24-15-9-4-10-16-24/h2-20H,1H3. The predicted molar refractivity (Wildman–Crippen MR) is 121 cm³/mol. The van der Waals surface area contributed by atoms with Gasteiger partial charge in [0.25, 0.3) is 0 Å². The van der Waals surface area contributed by atoms with Crippen LogP contribution in [0.5, 0.6) is 0 Å². The van der Waals surface area contributed by atoms with Crippen LogP contribution in [0.3, 0.4) is 0 Å². The lowest BCUT2D eigenvalue weighted by atomic mass is 10.2. The summed E-state index contributed by atoms with van der Waals surface area (Å²) in [4.78, 5) is 2.60. The minimum Gasteiger partial charge on any atom is -0.203 e. The Morgan fingerprint density at radius 1 is 0.500 bits per heavy atom. The fourth-order valence-corrected chi connectivity index (χ4v) is 8.48. The largest absolute Gasteiger partial charge is 0.307 e. The van der Waals surface area contributed by atoms with Crippen molar-refractivity contribution < 1.29 is 12.0 Å². The molecule has 4 rings (SSSR count). The predicted octanol–water partition coefficient (Wildman–Crippen LogP) is 6.60. The molecule has 0 amide bonds. The third-order valence-corrected chi connectivity index (χ3v) is 9.92. The van der Waals surface area contributed by atoms with Gasteiger partial charge in [0.1, 0.15) is 0 Å². The van der Waals surface area contributed by atoms with Crippen molar-refractivity contribution in [1.82, 2.24) is 0 Å². The Hall–Kier alpha value is -2.86. The molecule has 0 N–H and O–H groups in total. The monoisotopic (exact) mass is 434 g/mol. The highest BCUT2D eigenvalue weighted by atomic mass is 32.3. The summed E-state index contributed by atoms with van der Waals surface area (Å²) in [5.74, 6) is 0. The molecule has 0 saturated heterocycles. The second-order valence-corrected chi connectivity index (χ2v) is 11.3. The van der Waals surface area contributed by atoms with Gasteiger partial charge in [0, 0.05) is 14.7 Å². The van der Waals surface area contributed by atoms with Gasteiger partial charge in [-0.05, 0) is 65.8 Å².